The fourth-order valence-corrected chi connectivity index (χ4v) is 2.21. The number of hydrogen-bond donors (Lipinski definition) is 0. The molecule has 0 amide bonds. The van der Waals surface area contributed by atoms with Gasteiger partial charge in [-0.1, -0.05) is 36.7 Å². The predicted octanol–water partition coefficient (Wildman–Crippen LogP) is 3.04. The van der Waals surface area contributed by atoms with E-state index in [1.54, 1.807) is 20.8 Å². The van der Waals surface area contributed by atoms with E-state index in [1.807, 2.05) is 0 Å². The molecule has 114 valence electrons. The van der Waals surface area contributed by atoms with Gasteiger partial charge in [-0.25, -0.2) is 0 Å². The zero-order valence-electron chi connectivity index (χ0n) is 12.3. The first-order valence-electron chi connectivity index (χ1n) is 6.23. The molecule has 0 N–H and O–H groups in total. The van der Waals surface area contributed by atoms with E-state index in [0.717, 1.165) is 0 Å². The zero-order valence-corrected chi connectivity index (χ0v) is 13.9. The molecule has 6 heteroatoms. The van der Waals surface area contributed by atoms with Gasteiger partial charge in [0.2, 0.25) is 10.2 Å². The monoisotopic (exact) mass is 318 g/mol. The van der Waals surface area contributed by atoms with Gasteiger partial charge in [0.05, 0.1) is 13.2 Å². The van der Waals surface area contributed by atoms with E-state index in [2.05, 4.69) is 13.2 Å². The van der Waals surface area contributed by atoms with Crippen molar-refractivity contribution in [2.24, 2.45) is 0 Å². The van der Waals surface area contributed by atoms with E-state index in [1.165, 1.54) is 23.5 Å². The summed E-state index contributed by atoms with van der Waals surface area (Å²) in [5, 5.41) is -0.0336. The molecule has 0 rings (SSSR count). The summed E-state index contributed by atoms with van der Waals surface area (Å²) < 4.78 is 10.8. The van der Waals surface area contributed by atoms with Gasteiger partial charge in [-0.15, -0.1) is 0 Å². The summed E-state index contributed by atoms with van der Waals surface area (Å²) >= 11 is 2.37. The average molecular weight is 318 g/mol. The molecule has 0 heterocycles. The van der Waals surface area contributed by atoms with Crippen LogP contribution < -0.4 is 0 Å². The number of thioether (sulfide) groups is 2. The molecular weight excluding hydrogens is 296 g/mol. The molecule has 0 radical (unpaired) electrons. The fraction of sp³-hybridized carbons (Fsp3) is 0.571. The summed E-state index contributed by atoms with van der Waals surface area (Å²) in [6.45, 7) is 13.2. The summed E-state index contributed by atoms with van der Waals surface area (Å²) in [5.41, 5.74) is 1.08. The topological polar surface area (TPSA) is 52.6 Å². The Balaban J connectivity index is 3.53. The standard InChI is InChI=1S/C14H22O4S2/c1-10(2)13(15)19-8-6-17-12(5)18-7-9-20-14(16)11(3)4/h12H,1,3,6-9H2,2,4-5H3. The van der Waals surface area contributed by atoms with Crippen LogP contribution in [0.3, 0.4) is 0 Å². The number of hydrogen-bond acceptors (Lipinski definition) is 6. The van der Waals surface area contributed by atoms with Crippen LogP contribution in [0.5, 0.6) is 0 Å². The van der Waals surface area contributed by atoms with Gasteiger partial charge in [-0.3, -0.25) is 9.59 Å². The van der Waals surface area contributed by atoms with E-state index in [4.69, 9.17) is 9.47 Å². The van der Waals surface area contributed by atoms with Crippen LogP contribution in [-0.4, -0.2) is 41.2 Å². The van der Waals surface area contributed by atoms with Crippen molar-refractivity contribution in [3.05, 3.63) is 24.3 Å². The first-order chi connectivity index (χ1) is 9.34. The highest BCUT2D eigenvalue weighted by atomic mass is 32.2. The van der Waals surface area contributed by atoms with Gasteiger partial charge in [0.15, 0.2) is 6.29 Å². The van der Waals surface area contributed by atoms with Crippen molar-refractivity contribution in [1.29, 1.82) is 0 Å². The van der Waals surface area contributed by atoms with Crippen LogP contribution in [0.4, 0.5) is 0 Å². The van der Waals surface area contributed by atoms with Crippen LogP contribution in [-0.2, 0) is 19.1 Å². The lowest BCUT2D eigenvalue weighted by Crippen LogP contribution is -2.17. The first-order valence-corrected chi connectivity index (χ1v) is 8.20. The minimum absolute atomic E-state index is 0.0168. The average Bonchev–Trinajstić information content (AvgIpc) is 2.38. The number of rotatable bonds is 10. The Morgan fingerprint density at radius 2 is 1.30 bits per heavy atom. The van der Waals surface area contributed by atoms with Gasteiger partial charge in [-0.2, -0.15) is 0 Å². The number of carbonyl (C=O) groups is 2. The second kappa shape index (κ2) is 11.1. The molecule has 0 aromatic carbocycles. The molecule has 0 saturated heterocycles. The maximum atomic E-state index is 11.3. The Labute approximate surface area is 129 Å². The molecule has 0 unspecified atom stereocenters. The molecule has 0 saturated carbocycles. The lowest BCUT2D eigenvalue weighted by Gasteiger charge is -2.13. The van der Waals surface area contributed by atoms with Crippen LogP contribution in [0, 0.1) is 0 Å². The maximum absolute atomic E-state index is 11.3. The largest absolute Gasteiger partial charge is 0.352 e. The van der Waals surface area contributed by atoms with Crippen LogP contribution in [0.15, 0.2) is 24.3 Å². The quantitative estimate of drug-likeness (QED) is 0.350. The van der Waals surface area contributed by atoms with Gasteiger partial charge in [0.1, 0.15) is 0 Å². The Hall–Kier alpha value is -0.560. The van der Waals surface area contributed by atoms with E-state index < -0.39 is 0 Å². The SMILES string of the molecule is C=C(C)C(=O)SCCOC(C)OCCSC(=O)C(=C)C. The van der Waals surface area contributed by atoms with Gasteiger partial charge < -0.3 is 9.47 Å². The lowest BCUT2D eigenvalue weighted by atomic mass is 10.4. The highest BCUT2D eigenvalue weighted by molar-refractivity contribution is 8.14. The van der Waals surface area contributed by atoms with Crippen molar-refractivity contribution in [2.75, 3.05) is 24.7 Å². The highest BCUT2D eigenvalue weighted by Gasteiger charge is 2.07. The lowest BCUT2D eigenvalue weighted by molar-refractivity contribution is -0.122. The molecule has 0 spiro atoms. The third kappa shape index (κ3) is 10.3. The number of carbonyl (C=O) groups excluding carboxylic acids is 2. The summed E-state index contributed by atoms with van der Waals surface area (Å²) in [6.07, 6.45) is -0.351. The summed E-state index contributed by atoms with van der Waals surface area (Å²) in [4.78, 5) is 22.5. The van der Waals surface area contributed by atoms with E-state index in [9.17, 15) is 9.59 Å². The molecule has 0 aliphatic rings. The molecule has 0 aromatic heterocycles. The smallest absolute Gasteiger partial charge is 0.214 e. The maximum Gasteiger partial charge on any atom is 0.214 e. The second-order valence-corrected chi connectivity index (χ2v) is 6.28. The molecule has 0 fully saturated rings. The van der Waals surface area contributed by atoms with Gasteiger partial charge >= 0.3 is 0 Å². The minimum Gasteiger partial charge on any atom is -0.352 e. The molecule has 0 aromatic rings. The van der Waals surface area contributed by atoms with Crippen LogP contribution in [0.1, 0.15) is 20.8 Å². The molecule has 0 aliphatic carbocycles. The van der Waals surface area contributed by atoms with Crippen molar-refractivity contribution in [2.45, 2.75) is 27.1 Å². The van der Waals surface area contributed by atoms with E-state index >= 15 is 0 Å². The van der Waals surface area contributed by atoms with Crippen molar-refractivity contribution < 1.29 is 19.1 Å². The molecule has 0 atom stereocenters. The first kappa shape index (κ1) is 19.4. The molecule has 0 bridgehead atoms. The van der Waals surface area contributed by atoms with Crippen LogP contribution >= 0.6 is 23.5 Å². The number of ether oxygens (including phenoxy) is 2. The van der Waals surface area contributed by atoms with Crippen molar-refractivity contribution in [3.8, 4) is 0 Å². The third-order valence-electron chi connectivity index (χ3n) is 2.04. The molecular formula is C14H22O4S2. The zero-order chi connectivity index (χ0) is 15.5. The van der Waals surface area contributed by atoms with Crippen LogP contribution in [0.25, 0.3) is 0 Å². The minimum atomic E-state index is -0.351. The van der Waals surface area contributed by atoms with Gasteiger partial charge in [-0.05, 0) is 31.9 Å². The van der Waals surface area contributed by atoms with Gasteiger partial charge in [0.25, 0.3) is 0 Å². The van der Waals surface area contributed by atoms with E-state index in [-0.39, 0.29) is 16.5 Å². The highest BCUT2D eigenvalue weighted by Crippen LogP contribution is 2.10. The van der Waals surface area contributed by atoms with Crippen LogP contribution in [0.2, 0.25) is 0 Å². The predicted molar refractivity (Wildman–Crippen MR) is 85.9 cm³/mol. The Morgan fingerprint density at radius 1 is 0.950 bits per heavy atom. The third-order valence-corrected chi connectivity index (χ3v) is 4.00. The van der Waals surface area contributed by atoms with E-state index in [0.29, 0.717) is 35.9 Å². The second-order valence-electron chi connectivity index (χ2n) is 4.14. The Bertz CT molecular complexity index is 332. The van der Waals surface area contributed by atoms with Crippen molar-refractivity contribution >= 4 is 33.8 Å². The van der Waals surface area contributed by atoms with Gasteiger partial charge in [0, 0.05) is 11.5 Å². The summed E-state index contributed by atoms with van der Waals surface area (Å²) in [7, 11) is 0. The fourth-order valence-electron chi connectivity index (χ4n) is 0.991. The Morgan fingerprint density at radius 3 is 1.60 bits per heavy atom. The molecule has 4 nitrogen and oxygen atoms in total. The Kier molecular flexibility index (Phi) is 10.8. The van der Waals surface area contributed by atoms with Crippen molar-refractivity contribution in [1.82, 2.24) is 0 Å². The molecule has 20 heavy (non-hydrogen) atoms. The summed E-state index contributed by atoms with van der Waals surface area (Å²) in [5.74, 6) is 1.14. The normalized spacial score (nSPS) is 10.6. The summed E-state index contributed by atoms with van der Waals surface area (Å²) in [6, 6.07) is 0. The van der Waals surface area contributed by atoms with Crippen molar-refractivity contribution in [3.63, 3.8) is 0 Å². The molecule has 0 aliphatic heterocycles.